The Morgan fingerprint density at radius 3 is 2.50 bits per heavy atom. The van der Waals surface area contributed by atoms with Crippen LogP contribution in [-0.4, -0.2) is 31.9 Å². The Hall–Kier alpha value is -1.81. The second kappa shape index (κ2) is 6.97. The van der Waals surface area contributed by atoms with E-state index in [9.17, 15) is 26.4 Å². The maximum absolute atomic E-state index is 12.7. The number of alkyl halides is 3. The van der Waals surface area contributed by atoms with Crippen LogP contribution in [0, 0.1) is 0 Å². The van der Waals surface area contributed by atoms with Gasteiger partial charge in [0.15, 0.2) is 0 Å². The zero-order valence-electron chi connectivity index (χ0n) is 11.5. The lowest BCUT2D eigenvalue weighted by Crippen LogP contribution is -2.37. The molecule has 6 nitrogen and oxygen atoms in total. The van der Waals surface area contributed by atoms with Gasteiger partial charge in [0, 0.05) is 6.54 Å². The molecule has 1 amide bonds. The number of carbonyl (C=O) groups is 1. The summed E-state index contributed by atoms with van der Waals surface area (Å²) < 4.78 is 62.9. The molecule has 3 N–H and O–H groups in total. The Morgan fingerprint density at radius 1 is 1.36 bits per heavy atom. The van der Waals surface area contributed by atoms with E-state index >= 15 is 0 Å². The second-order valence-electron chi connectivity index (χ2n) is 4.38. The molecule has 1 atom stereocenters. The third-order valence-electron chi connectivity index (χ3n) is 2.80. The summed E-state index contributed by atoms with van der Waals surface area (Å²) >= 11 is 0. The van der Waals surface area contributed by atoms with E-state index in [-0.39, 0.29) is 17.9 Å². The van der Waals surface area contributed by atoms with E-state index in [4.69, 9.17) is 5.11 Å². The summed E-state index contributed by atoms with van der Waals surface area (Å²) in [4.78, 5) is 10.7. The summed E-state index contributed by atoms with van der Waals surface area (Å²) in [6.45, 7) is 0.996. The maximum atomic E-state index is 12.7. The third-order valence-corrected chi connectivity index (χ3v) is 4.17. The lowest BCUT2D eigenvalue weighted by atomic mass is 10.0. The van der Waals surface area contributed by atoms with Crippen molar-refractivity contribution in [1.29, 1.82) is 0 Å². The van der Waals surface area contributed by atoms with E-state index in [1.54, 1.807) is 0 Å². The molecule has 0 bridgehead atoms. The predicted octanol–water partition coefficient (Wildman–Crippen LogP) is 1.95. The van der Waals surface area contributed by atoms with Gasteiger partial charge in [0.1, 0.15) is 0 Å². The first-order chi connectivity index (χ1) is 10.0. The Morgan fingerprint density at radius 2 is 2.00 bits per heavy atom. The van der Waals surface area contributed by atoms with Crippen LogP contribution < -0.4 is 10.0 Å². The molecule has 0 aromatic heterocycles. The molecule has 0 aliphatic heterocycles. The molecule has 0 aliphatic rings. The van der Waals surface area contributed by atoms with Crippen molar-refractivity contribution < 1.29 is 31.5 Å². The molecule has 10 heteroatoms. The fourth-order valence-electron chi connectivity index (χ4n) is 1.65. The maximum Gasteiger partial charge on any atom is 0.416 e. The fraction of sp³-hybridized carbons (Fsp3) is 0.417. The molecule has 1 unspecified atom stereocenters. The van der Waals surface area contributed by atoms with Crippen molar-refractivity contribution in [1.82, 2.24) is 10.0 Å². The van der Waals surface area contributed by atoms with E-state index in [2.05, 4.69) is 4.72 Å². The zero-order valence-corrected chi connectivity index (χ0v) is 12.3. The fourth-order valence-corrected chi connectivity index (χ4v) is 2.27. The van der Waals surface area contributed by atoms with Gasteiger partial charge in [0.2, 0.25) is 10.0 Å². The van der Waals surface area contributed by atoms with Gasteiger partial charge in [-0.05, 0) is 24.6 Å². The standard InChI is InChI=1S/C12H15F3N2O4S/c1-2-22(20,21)16-7-10(17-11(18)19)8-4-3-5-9(6-8)12(13,14)15/h3-6,10,16-17H,2,7H2,1H3,(H,18,19). The number of sulfonamides is 1. The number of carboxylic acid groups (broad SMARTS) is 1. The molecule has 0 spiro atoms. The molecular weight excluding hydrogens is 325 g/mol. The van der Waals surface area contributed by atoms with E-state index in [1.807, 2.05) is 5.32 Å². The van der Waals surface area contributed by atoms with Crippen LogP contribution in [0.5, 0.6) is 0 Å². The SMILES string of the molecule is CCS(=O)(=O)NCC(NC(=O)O)c1cccc(C(F)(F)F)c1. The number of nitrogens with one attached hydrogen (secondary N) is 2. The normalized spacial score (nSPS) is 13.6. The molecule has 0 heterocycles. The monoisotopic (exact) mass is 340 g/mol. The largest absolute Gasteiger partial charge is 0.465 e. The van der Waals surface area contributed by atoms with Gasteiger partial charge < -0.3 is 10.4 Å². The Bertz CT molecular complexity index is 632. The van der Waals surface area contributed by atoms with Crippen LogP contribution in [0.15, 0.2) is 24.3 Å². The van der Waals surface area contributed by atoms with E-state index < -0.39 is 33.9 Å². The first-order valence-corrected chi connectivity index (χ1v) is 7.84. The van der Waals surface area contributed by atoms with Gasteiger partial charge >= 0.3 is 12.3 Å². The smallest absolute Gasteiger partial charge is 0.416 e. The highest BCUT2D eigenvalue weighted by Crippen LogP contribution is 2.30. The number of halogens is 3. The highest BCUT2D eigenvalue weighted by atomic mass is 32.2. The third kappa shape index (κ3) is 5.53. The second-order valence-corrected chi connectivity index (χ2v) is 6.47. The van der Waals surface area contributed by atoms with Crippen LogP contribution in [0.25, 0.3) is 0 Å². The molecule has 0 radical (unpaired) electrons. The summed E-state index contributed by atoms with van der Waals surface area (Å²) in [6.07, 6.45) is -6.05. The van der Waals surface area contributed by atoms with E-state index in [1.165, 1.54) is 13.0 Å². The van der Waals surface area contributed by atoms with Crippen molar-refractivity contribution in [3.8, 4) is 0 Å². The summed E-state index contributed by atoms with van der Waals surface area (Å²) in [6, 6.07) is 2.90. The molecule has 124 valence electrons. The number of benzene rings is 1. The molecule has 22 heavy (non-hydrogen) atoms. The first kappa shape index (κ1) is 18.2. The molecule has 0 saturated carbocycles. The summed E-state index contributed by atoms with van der Waals surface area (Å²) in [5, 5.41) is 10.7. The Labute approximate surface area is 125 Å². The minimum Gasteiger partial charge on any atom is -0.465 e. The summed E-state index contributed by atoms with van der Waals surface area (Å²) in [7, 11) is -3.60. The molecule has 1 aromatic carbocycles. The topological polar surface area (TPSA) is 95.5 Å². The van der Waals surface area contributed by atoms with Crippen molar-refractivity contribution in [3.05, 3.63) is 35.4 Å². The van der Waals surface area contributed by atoms with Gasteiger partial charge in [0.25, 0.3) is 0 Å². The van der Waals surface area contributed by atoms with Crippen molar-refractivity contribution in [2.75, 3.05) is 12.3 Å². The molecule has 0 fully saturated rings. The number of amides is 1. The minimum atomic E-state index is -4.58. The van der Waals surface area contributed by atoms with Crippen LogP contribution in [-0.2, 0) is 16.2 Å². The number of hydrogen-bond donors (Lipinski definition) is 3. The van der Waals surface area contributed by atoms with Gasteiger partial charge in [-0.15, -0.1) is 0 Å². The molecular formula is C12H15F3N2O4S. The van der Waals surface area contributed by atoms with E-state index in [0.717, 1.165) is 18.2 Å². The average molecular weight is 340 g/mol. The zero-order chi connectivity index (χ0) is 17.0. The quantitative estimate of drug-likeness (QED) is 0.738. The predicted molar refractivity (Wildman–Crippen MR) is 72.8 cm³/mol. The van der Waals surface area contributed by atoms with Gasteiger partial charge in [-0.3, -0.25) is 0 Å². The Kier molecular flexibility index (Phi) is 5.78. The molecule has 1 rings (SSSR count). The van der Waals surface area contributed by atoms with Crippen molar-refractivity contribution in [2.24, 2.45) is 0 Å². The van der Waals surface area contributed by atoms with E-state index in [0.29, 0.717) is 0 Å². The van der Waals surface area contributed by atoms with Crippen LogP contribution in [0.4, 0.5) is 18.0 Å². The molecule has 0 saturated heterocycles. The van der Waals surface area contributed by atoms with Crippen molar-refractivity contribution in [3.63, 3.8) is 0 Å². The van der Waals surface area contributed by atoms with Gasteiger partial charge in [-0.2, -0.15) is 13.2 Å². The number of rotatable bonds is 6. The molecule has 0 aliphatic carbocycles. The van der Waals surface area contributed by atoms with Gasteiger partial charge in [-0.1, -0.05) is 12.1 Å². The summed E-state index contributed by atoms with van der Waals surface area (Å²) in [5.74, 6) is -0.227. The average Bonchev–Trinajstić information content (AvgIpc) is 2.42. The van der Waals surface area contributed by atoms with Gasteiger partial charge in [0.05, 0.1) is 17.4 Å². The van der Waals surface area contributed by atoms with Crippen LogP contribution >= 0.6 is 0 Å². The minimum absolute atomic E-state index is 0.0102. The Balaban J connectivity index is 3.04. The lowest BCUT2D eigenvalue weighted by molar-refractivity contribution is -0.137. The van der Waals surface area contributed by atoms with Gasteiger partial charge in [-0.25, -0.2) is 17.9 Å². The van der Waals surface area contributed by atoms with Crippen LogP contribution in [0.1, 0.15) is 24.1 Å². The first-order valence-electron chi connectivity index (χ1n) is 6.19. The highest BCUT2D eigenvalue weighted by molar-refractivity contribution is 7.89. The highest BCUT2D eigenvalue weighted by Gasteiger charge is 2.31. The number of hydrogen-bond acceptors (Lipinski definition) is 3. The van der Waals surface area contributed by atoms with Crippen molar-refractivity contribution >= 4 is 16.1 Å². The lowest BCUT2D eigenvalue weighted by Gasteiger charge is -2.19. The van der Waals surface area contributed by atoms with Crippen molar-refractivity contribution in [2.45, 2.75) is 19.1 Å². The van der Waals surface area contributed by atoms with Crippen LogP contribution in [0.3, 0.4) is 0 Å². The summed E-state index contributed by atoms with van der Waals surface area (Å²) in [5.41, 5.74) is -0.934. The van der Waals surface area contributed by atoms with Crippen LogP contribution in [0.2, 0.25) is 0 Å². The molecule has 1 aromatic rings.